The Kier molecular flexibility index (Phi) is 38.3. The summed E-state index contributed by atoms with van der Waals surface area (Å²) in [6, 6.07) is 0. The van der Waals surface area contributed by atoms with E-state index in [0.717, 1.165) is 0 Å². The Balaban J connectivity index is 1.08. The average Bonchev–Trinajstić information content (AvgIpc) is 0.856. The summed E-state index contributed by atoms with van der Waals surface area (Å²) in [5.41, 5.74) is 0. The van der Waals surface area contributed by atoms with Gasteiger partial charge in [0, 0.05) is 13.0 Å². The van der Waals surface area contributed by atoms with E-state index in [0.29, 0.717) is 20.7 Å². The molecule has 0 bridgehead atoms. The summed E-state index contributed by atoms with van der Waals surface area (Å²) >= 11 is 0. The van der Waals surface area contributed by atoms with E-state index in [1.165, 1.54) is 7.11 Å². The number of hydrogen-bond acceptors (Lipinski definition) is 30. The van der Waals surface area contributed by atoms with Crippen LogP contribution in [0.3, 0.4) is 0 Å². The van der Waals surface area contributed by atoms with Gasteiger partial charge in [0.1, 0.15) is 6.10 Å². The molecule has 94 heavy (non-hydrogen) atoms. The molecule has 482 valence electrons. The Bertz CT molecular complexity index is 2100. The molecular formula is C46H64B18O30. The summed E-state index contributed by atoms with van der Waals surface area (Å²) in [7, 11) is 93.9. The number of rotatable bonds is 43. The molecule has 0 spiro atoms. The second-order valence-electron chi connectivity index (χ2n) is 22.7. The summed E-state index contributed by atoms with van der Waals surface area (Å²) in [4.78, 5) is 0. The summed E-state index contributed by atoms with van der Waals surface area (Å²) < 4.78 is 182. The van der Waals surface area contributed by atoms with Crippen LogP contribution in [0.5, 0.6) is 0 Å². The molecule has 0 aromatic rings. The Morgan fingerprint density at radius 1 is 0.277 bits per heavy atom. The molecule has 30 unspecified atom stereocenters. The van der Waals surface area contributed by atoms with Crippen LogP contribution < -0.4 is 0 Å². The first-order valence-corrected chi connectivity index (χ1v) is 29.6. The molecule has 6 fully saturated rings. The molecule has 0 aromatic carbocycles. The molecule has 6 rings (SSSR count). The van der Waals surface area contributed by atoms with E-state index in [9.17, 15) is 9.41 Å². The van der Waals surface area contributed by atoms with Gasteiger partial charge in [0.15, 0.2) is 6.29 Å². The van der Waals surface area contributed by atoms with Crippen LogP contribution in [0.25, 0.3) is 0 Å². The van der Waals surface area contributed by atoms with Gasteiger partial charge in [-0.2, -0.15) is 0 Å². The van der Waals surface area contributed by atoms with Crippen LogP contribution in [0.1, 0.15) is 13.3 Å². The van der Waals surface area contributed by atoms with Crippen LogP contribution in [0.2, 0.25) is 11.6 Å². The van der Waals surface area contributed by atoms with Crippen LogP contribution in [-0.2, 0) is 141 Å². The first kappa shape index (κ1) is 82.6. The molecule has 6 aliphatic rings. The van der Waals surface area contributed by atoms with E-state index < -0.39 is 189 Å². The fourth-order valence-electron chi connectivity index (χ4n) is 13.1. The minimum absolute atomic E-state index is 0.112. The van der Waals surface area contributed by atoms with Crippen molar-refractivity contribution < 1.29 is 141 Å². The first-order valence-electron chi connectivity index (χ1n) is 29.6. The van der Waals surface area contributed by atoms with E-state index in [4.69, 9.17) is 260 Å². The van der Waals surface area contributed by atoms with Crippen molar-refractivity contribution in [2.75, 3.05) is 93.0 Å². The summed E-state index contributed by atoms with van der Waals surface area (Å²) in [5, 5.41) is 0. The van der Waals surface area contributed by atoms with Gasteiger partial charge >= 0.3 is 469 Å². The zero-order valence-electron chi connectivity index (χ0n) is 51.9. The first-order chi connectivity index (χ1) is 45.8. The molecule has 0 saturated carbocycles. The van der Waals surface area contributed by atoms with Crippen LogP contribution in [0.15, 0.2) is 0 Å². The van der Waals surface area contributed by atoms with Gasteiger partial charge in [-0.25, -0.2) is 0 Å². The molecule has 30 atom stereocenters. The van der Waals surface area contributed by atoms with Gasteiger partial charge in [-0.15, -0.1) is 0 Å². The Hall–Kier alpha value is -0.351. The van der Waals surface area contributed by atoms with Crippen molar-refractivity contribution in [3.05, 3.63) is 0 Å². The quantitative estimate of drug-likeness (QED) is 0.0512. The third-order valence-electron chi connectivity index (χ3n) is 17.8. The van der Waals surface area contributed by atoms with Crippen molar-refractivity contribution in [3.8, 4) is 0 Å². The van der Waals surface area contributed by atoms with E-state index in [2.05, 4.69) is 0 Å². The van der Waals surface area contributed by atoms with Crippen molar-refractivity contribution in [2.45, 2.75) is 172 Å². The van der Waals surface area contributed by atoms with Gasteiger partial charge in [-0.3, -0.25) is 0 Å². The molecular weight excluding hydrogens is 1230 g/mol. The molecule has 32 radical (unpaired) electrons. The molecule has 0 aliphatic carbocycles. The monoisotopic (exact) mass is 1290 g/mol. The van der Waals surface area contributed by atoms with Gasteiger partial charge in [0.25, 0.3) is 24.1 Å². The van der Waals surface area contributed by atoms with Crippen molar-refractivity contribution in [3.63, 3.8) is 0 Å². The van der Waals surface area contributed by atoms with E-state index in [-0.39, 0.29) is 79.3 Å². The summed E-state index contributed by atoms with van der Waals surface area (Å²) in [6.45, 7) is -1.13. The molecule has 0 aromatic heterocycles. The Morgan fingerprint density at radius 3 is 0.840 bits per heavy atom. The van der Waals surface area contributed by atoms with Crippen molar-refractivity contribution in [2.24, 2.45) is 23.7 Å². The van der Waals surface area contributed by atoms with Crippen molar-refractivity contribution >= 4 is 143 Å². The topological polar surface area (TPSA) is 293 Å². The second kappa shape index (κ2) is 43.6. The van der Waals surface area contributed by atoms with E-state index in [1.807, 2.05) is 6.92 Å². The number of methoxy groups -OCH3 is 1. The summed E-state index contributed by atoms with van der Waals surface area (Å²) in [6.07, 6.45) is -24.6. The third kappa shape index (κ3) is 20.3. The zero-order valence-corrected chi connectivity index (χ0v) is 51.9. The molecule has 30 nitrogen and oxygen atoms in total. The maximum atomic E-state index is 12.9. The van der Waals surface area contributed by atoms with Gasteiger partial charge in [-0.1, -0.05) is 0 Å². The fourth-order valence-corrected chi connectivity index (χ4v) is 13.1. The molecule has 6 heterocycles. The maximum absolute atomic E-state index is 12.9. The zero-order chi connectivity index (χ0) is 68.4. The molecule has 0 N–H and O–H groups in total. The molecule has 6 aliphatic heterocycles. The number of hydrogen-bond donors (Lipinski definition) is 0. The van der Waals surface area contributed by atoms with Crippen molar-refractivity contribution in [1.82, 2.24) is 0 Å². The molecule has 0 amide bonds. The van der Waals surface area contributed by atoms with Crippen molar-refractivity contribution in [1.29, 1.82) is 0 Å². The fraction of sp³-hybridized carbons (Fsp3) is 1.00. The minimum atomic E-state index is -1.44. The van der Waals surface area contributed by atoms with Crippen LogP contribution >= 0.6 is 0 Å². The van der Waals surface area contributed by atoms with Gasteiger partial charge in [0.2, 0.25) is 0 Å². The SMILES string of the molecule is [B]OCC1OC(COCC2C(CO[B])OC(OCC3OC(COCC4C(CO[B])OC(COCC5C(CO[B])OC(OC)C(O[B])C5O[B])C(O[B])C4O[B])C(O[B])C(O[B])C3B=O)C(O[B])C2O[B])C(O[B])C(O[B])C1COCC1OC(CC)C(B=O)C(O[B])C1O[B]. The summed E-state index contributed by atoms with van der Waals surface area (Å²) in [5.74, 6) is -5.13. The van der Waals surface area contributed by atoms with Crippen LogP contribution in [0.4, 0.5) is 0 Å². The van der Waals surface area contributed by atoms with Crippen LogP contribution in [-0.4, -0.2) is 383 Å². The van der Waals surface area contributed by atoms with Gasteiger partial charge < -0.3 is 28.2 Å². The molecule has 6 saturated heterocycles. The van der Waals surface area contributed by atoms with Gasteiger partial charge in [0.05, 0.1) is 25.4 Å². The van der Waals surface area contributed by atoms with E-state index in [1.54, 1.807) is 0 Å². The molecule has 48 heteroatoms. The Labute approximate surface area is 570 Å². The third-order valence-corrected chi connectivity index (χ3v) is 17.8. The second-order valence-corrected chi connectivity index (χ2v) is 22.7. The average molecular weight is 1290 g/mol. The predicted molar refractivity (Wildman–Crippen MR) is 327 cm³/mol. The normalized spacial score (nSPS) is 41.1. The number of ether oxygens (including phenoxy) is 12. The standard InChI is InChI=1S/C46H64B18O30/c1-3-21-31(63-65)41(91-59)39(89-57)29(77-21)10-68-4-17-22(13-73-47)78-28(38(88-56)33(17)83-51)9-71-7-20-25(16-76-50)82-46(44(94-62)36(20)86-54)72-12-26-32(64-66)42(92-60)40(90-58)30(80-26)11-69-5-18-23(14-74-48)79-27(37(87-55)34(18)84-52)8-70-6-19-24(15-75-49)81-45(67-2)43(93-61)35(19)85-53/h17-46H,3-16H2,1-2H3. The Morgan fingerprint density at radius 2 is 0.543 bits per heavy atom. The van der Waals surface area contributed by atoms with Crippen LogP contribution in [0, 0.1) is 23.7 Å². The van der Waals surface area contributed by atoms with Gasteiger partial charge in [-0.05, 0) is 0 Å². The predicted octanol–water partition coefficient (Wildman–Crippen LogP) is -8.19. The van der Waals surface area contributed by atoms with E-state index >= 15 is 0 Å².